The number of hydrogen-bond donors (Lipinski definition) is 2. The van der Waals surface area contributed by atoms with Gasteiger partial charge in [0, 0.05) is 24.8 Å². The Bertz CT molecular complexity index is 1130. The van der Waals surface area contributed by atoms with Crippen LogP contribution in [0.2, 0.25) is 0 Å². The molecule has 0 aromatic heterocycles. The SMILES string of the molecule is Cc1cc(C)cc(NC(=O)[C@H]2[C@@H]3C=C[C@]4(O3)[C@@H]2C(=O)N(CCN2CCCCC2)[C@H]4C(=O)NC2CCCCC2)c1. The van der Waals surface area contributed by atoms with Crippen LogP contribution in [0, 0.1) is 25.7 Å². The number of benzene rings is 1. The second-order valence-corrected chi connectivity index (χ2v) is 12.3. The third-order valence-corrected chi connectivity index (χ3v) is 9.47. The topological polar surface area (TPSA) is 91.0 Å². The molecule has 39 heavy (non-hydrogen) atoms. The van der Waals surface area contributed by atoms with Crippen LogP contribution in [-0.2, 0) is 19.1 Å². The molecule has 6 rings (SSSR count). The van der Waals surface area contributed by atoms with Gasteiger partial charge in [-0.2, -0.15) is 0 Å². The number of rotatable bonds is 7. The van der Waals surface area contributed by atoms with Crippen LogP contribution in [0.25, 0.3) is 0 Å². The summed E-state index contributed by atoms with van der Waals surface area (Å²) in [4.78, 5) is 46.0. The lowest BCUT2D eigenvalue weighted by Crippen LogP contribution is -2.57. The molecule has 3 saturated heterocycles. The van der Waals surface area contributed by atoms with Gasteiger partial charge in [-0.3, -0.25) is 14.4 Å². The third-order valence-electron chi connectivity index (χ3n) is 9.47. The highest BCUT2D eigenvalue weighted by Crippen LogP contribution is 2.55. The summed E-state index contributed by atoms with van der Waals surface area (Å²) >= 11 is 0. The van der Waals surface area contributed by atoms with E-state index in [1.54, 1.807) is 4.90 Å². The first kappa shape index (κ1) is 26.5. The second kappa shape index (κ2) is 10.7. The van der Waals surface area contributed by atoms with Crippen LogP contribution in [0.15, 0.2) is 30.4 Å². The maximum atomic E-state index is 14.2. The van der Waals surface area contributed by atoms with Gasteiger partial charge >= 0.3 is 0 Å². The number of anilines is 1. The predicted octanol–water partition coefficient (Wildman–Crippen LogP) is 3.33. The number of carbonyl (C=O) groups is 3. The van der Waals surface area contributed by atoms with Gasteiger partial charge in [0.15, 0.2) is 0 Å². The van der Waals surface area contributed by atoms with Gasteiger partial charge in [0.25, 0.3) is 0 Å². The summed E-state index contributed by atoms with van der Waals surface area (Å²) in [5.74, 6) is -1.88. The molecule has 1 aliphatic carbocycles. The maximum Gasteiger partial charge on any atom is 0.246 e. The van der Waals surface area contributed by atoms with E-state index in [1.165, 1.54) is 25.7 Å². The molecule has 4 heterocycles. The van der Waals surface area contributed by atoms with Gasteiger partial charge in [-0.15, -0.1) is 0 Å². The largest absolute Gasteiger partial charge is 0.359 e. The highest BCUT2D eigenvalue weighted by Gasteiger charge is 2.72. The van der Waals surface area contributed by atoms with Crippen molar-refractivity contribution in [3.8, 4) is 0 Å². The molecular weight excluding hydrogens is 492 g/mol. The van der Waals surface area contributed by atoms with E-state index in [0.29, 0.717) is 6.54 Å². The number of fused-ring (bicyclic) bond motifs is 1. The van der Waals surface area contributed by atoms with Crippen molar-refractivity contribution >= 4 is 23.4 Å². The van der Waals surface area contributed by atoms with Crippen molar-refractivity contribution in [2.24, 2.45) is 11.8 Å². The van der Waals surface area contributed by atoms with Crippen LogP contribution < -0.4 is 10.6 Å². The molecule has 2 N–H and O–H groups in total. The fraction of sp³-hybridized carbons (Fsp3) is 0.645. The van der Waals surface area contributed by atoms with Crippen LogP contribution in [0.5, 0.6) is 0 Å². The van der Waals surface area contributed by atoms with Crippen molar-refractivity contribution in [2.75, 3.05) is 31.5 Å². The molecule has 1 aromatic carbocycles. The molecule has 2 bridgehead atoms. The number of likely N-dealkylation sites (tertiary alicyclic amines) is 2. The summed E-state index contributed by atoms with van der Waals surface area (Å²) in [6, 6.07) is 5.30. The number of piperidine rings is 1. The molecule has 3 amide bonds. The van der Waals surface area contributed by atoms with Gasteiger partial charge < -0.3 is 25.2 Å². The quantitative estimate of drug-likeness (QED) is 0.524. The number of carbonyl (C=O) groups excluding carboxylic acids is 3. The highest BCUT2D eigenvalue weighted by atomic mass is 16.5. The standard InChI is InChI=1S/C31H42N4O4/c1-20-17-21(2)19-23(18-20)33-28(36)25-24-11-12-31(39-24)26(25)30(38)35(16-15-34-13-7-4-8-14-34)27(31)29(37)32-22-9-5-3-6-10-22/h11-12,17-19,22,24-27H,3-10,13-16H2,1-2H3,(H,32,37)(H,33,36)/t24-,25-,26-,27-,31-/m0/s1. The first-order chi connectivity index (χ1) is 18.9. The number of amides is 3. The van der Waals surface area contributed by atoms with E-state index < -0.39 is 29.6 Å². The summed E-state index contributed by atoms with van der Waals surface area (Å²) in [6.07, 6.45) is 12.2. The van der Waals surface area contributed by atoms with E-state index in [-0.39, 0.29) is 23.8 Å². The monoisotopic (exact) mass is 534 g/mol. The van der Waals surface area contributed by atoms with E-state index in [9.17, 15) is 14.4 Å². The third kappa shape index (κ3) is 4.91. The Morgan fingerprint density at radius 2 is 1.64 bits per heavy atom. The zero-order valence-electron chi connectivity index (χ0n) is 23.3. The van der Waals surface area contributed by atoms with Crippen molar-refractivity contribution in [1.82, 2.24) is 15.1 Å². The molecule has 210 valence electrons. The summed E-state index contributed by atoms with van der Waals surface area (Å²) in [5.41, 5.74) is 1.74. The number of aryl methyl sites for hydroxylation is 2. The first-order valence-electron chi connectivity index (χ1n) is 15.0. The number of hydrogen-bond acceptors (Lipinski definition) is 5. The van der Waals surface area contributed by atoms with Crippen LogP contribution in [0.3, 0.4) is 0 Å². The molecule has 1 spiro atoms. The Morgan fingerprint density at radius 3 is 2.36 bits per heavy atom. The normalized spacial score (nSPS) is 32.5. The van der Waals surface area contributed by atoms with Crippen molar-refractivity contribution in [3.63, 3.8) is 0 Å². The number of nitrogens with zero attached hydrogens (tertiary/aromatic N) is 2. The van der Waals surface area contributed by atoms with Crippen LogP contribution in [0.1, 0.15) is 62.5 Å². The molecule has 8 nitrogen and oxygen atoms in total. The minimum atomic E-state index is -1.10. The van der Waals surface area contributed by atoms with Crippen molar-refractivity contribution in [3.05, 3.63) is 41.5 Å². The van der Waals surface area contributed by atoms with Crippen LogP contribution in [-0.4, -0.2) is 77.5 Å². The summed E-state index contributed by atoms with van der Waals surface area (Å²) in [7, 11) is 0. The predicted molar refractivity (Wildman–Crippen MR) is 149 cm³/mol. The van der Waals surface area contributed by atoms with E-state index >= 15 is 0 Å². The van der Waals surface area contributed by atoms with Gasteiger partial charge in [-0.25, -0.2) is 0 Å². The molecule has 1 aromatic rings. The van der Waals surface area contributed by atoms with E-state index in [4.69, 9.17) is 4.74 Å². The van der Waals surface area contributed by atoms with Gasteiger partial charge in [0.2, 0.25) is 17.7 Å². The van der Waals surface area contributed by atoms with Gasteiger partial charge in [-0.1, -0.05) is 43.9 Å². The van der Waals surface area contributed by atoms with Crippen molar-refractivity contribution < 1.29 is 19.1 Å². The van der Waals surface area contributed by atoms with E-state index in [0.717, 1.165) is 62.1 Å². The van der Waals surface area contributed by atoms with E-state index in [2.05, 4.69) is 21.6 Å². The average molecular weight is 535 g/mol. The number of nitrogens with one attached hydrogen (secondary N) is 2. The number of ether oxygens (including phenoxy) is 1. The highest BCUT2D eigenvalue weighted by molar-refractivity contribution is 6.02. The Kier molecular flexibility index (Phi) is 7.27. The fourth-order valence-electron chi connectivity index (χ4n) is 7.74. The lowest BCUT2D eigenvalue weighted by Gasteiger charge is -2.35. The Labute approximate surface area is 231 Å². The van der Waals surface area contributed by atoms with Gasteiger partial charge in [-0.05, 0) is 75.9 Å². The molecule has 5 atom stereocenters. The van der Waals surface area contributed by atoms with Crippen LogP contribution >= 0.6 is 0 Å². The van der Waals surface area contributed by atoms with Crippen molar-refractivity contribution in [1.29, 1.82) is 0 Å². The summed E-state index contributed by atoms with van der Waals surface area (Å²) in [5, 5.41) is 6.33. The average Bonchev–Trinajstić information content (AvgIpc) is 3.55. The zero-order chi connectivity index (χ0) is 27.1. The molecule has 0 unspecified atom stereocenters. The molecule has 1 saturated carbocycles. The maximum absolute atomic E-state index is 14.2. The minimum absolute atomic E-state index is 0.131. The van der Waals surface area contributed by atoms with E-state index in [1.807, 2.05) is 38.1 Å². The lowest BCUT2D eigenvalue weighted by atomic mass is 9.74. The Hall–Kier alpha value is -2.71. The van der Waals surface area contributed by atoms with Crippen LogP contribution in [0.4, 0.5) is 5.69 Å². The smallest absolute Gasteiger partial charge is 0.246 e. The molecule has 8 heteroatoms. The Morgan fingerprint density at radius 1 is 0.949 bits per heavy atom. The minimum Gasteiger partial charge on any atom is -0.359 e. The second-order valence-electron chi connectivity index (χ2n) is 12.3. The Balaban J connectivity index is 1.27. The molecule has 0 radical (unpaired) electrons. The van der Waals surface area contributed by atoms with Gasteiger partial charge in [0.1, 0.15) is 11.6 Å². The molecule has 4 fully saturated rings. The summed E-state index contributed by atoms with van der Waals surface area (Å²) in [6.45, 7) is 7.24. The van der Waals surface area contributed by atoms with Crippen molar-refractivity contribution in [2.45, 2.75) is 89.0 Å². The molecular formula is C31H42N4O4. The first-order valence-corrected chi connectivity index (χ1v) is 15.0. The molecule has 4 aliphatic heterocycles. The fourth-order valence-corrected chi connectivity index (χ4v) is 7.74. The van der Waals surface area contributed by atoms with Gasteiger partial charge in [0.05, 0.1) is 17.9 Å². The zero-order valence-corrected chi connectivity index (χ0v) is 23.3. The lowest BCUT2D eigenvalue weighted by molar-refractivity contribution is -0.141. The summed E-state index contributed by atoms with van der Waals surface area (Å²) < 4.78 is 6.51. The molecule has 5 aliphatic rings.